The number of aryl methyl sites for hydroxylation is 2. The third kappa shape index (κ3) is 14.4. The van der Waals surface area contributed by atoms with E-state index in [-0.39, 0.29) is 18.9 Å². The van der Waals surface area contributed by atoms with Crippen molar-refractivity contribution in [1.29, 1.82) is 0 Å². The summed E-state index contributed by atoms with van der Waals surface area (Å²) < 4.78 is 27.8. The molecule has 0 fully saturated rings. The maximum absolute atomic E-state index is 11.8. The number of carbonyl (C=O) groups is 2. The molecule has 1 atom stereocenters. The number of nitrogens with zero attached hydrogens (tertiary/aromatic N) is 2. The summed E-state index contributed by atoms with van der Waals surface area (Å²) in [5, 5.41) is 0. The Bertz CT molecular complexity index is 1140. The van der Waals surface area contributed by atoms with Crippen molar-refractivity contribution in [3.8, 4) is 0 Å². The van der Waals surface area contributed by atoms with Crippen LogP contribution >= 0.6 is 15.2 Å². The molecule has 10 nitrogen and oxygen atoms in total. The van der Waals surface area contributed by atoms with E-state index in [1.54, 1.807) is 41.0 Å². The average Bonchev–Trinajstić information content (AvgIpc) is 2.94. The van der Waals surface area contributed by atoms with Crippen LogP contribution in [0, 0.1) is 0 Å². The molecule has 0 spiro atoms. The first-order chi connectivity index (χ1) is 19.6. The van der Waals surface area contributed by atoms with Crippen LogP contribution in [0.15, 0.2) is 48.5 Å². The van der Waals surface area contributed by atoms with Gasteiger partial charge in [0, 0.05) is 24.5 Å². The molecular weight excluding hydrogens is 566 g/mol. The molecule has 0 aliphatic rings. The summed E-state index contributed by atoms with van der Waals surface area (Å²) in [6, 6.07) is 14.7. The molecule has 41 heavy (non-hydrogen) atoms. The molecule has 0 aromatic heterocycles. The Labute approximate surface area is 243 Å². The second-order valence-electron chi connectivity index (χ2n) is 10.1. The quantitative estimate of drug-likeness (QED) is 0.0897. The number of hydrogen-bond acceptors (Lipinski definition) is 5. The molecule has 0 bridgehead atoms. The largest absolute Gasteiger partial charge is 0.328 e. The van der Waals surface area contributed by atoms with E-state index in [0.717, 1.165) is 80.3 Å². The molecule has 0 saturated heterocycles. The first kappa shape index (κ1) is 34.9. The van der Waals surface area contributed by atoms with E-state index in [1.807, 2.05) is 24.3 Å². The Kier molecular flexibility index (Phi) is 15.5. The Hall–Kier alpha value is -2.32. The van der Waals surface area contributed by atoms with Gasteiger partial charge in [0.15, 0.2) is 0 Å². The van der Waals surface area contributed by atoms with Crippen LogP contribution in [0.5, 0.6) is 0 Å². The third-order valence-corrected chi connectivity index (χ3v) is 9.05. The Morgan fingerprint density at radius 1 is 0.659 bits per heavy atom. The van der Waals surface area contributed by atoms with Crippen LogP contribution < -0.4 is 9.80 Å². The van der Waals surface area contributed by atoms with Gasteiger partial charge in [0.2, 0.25) is 12.8 Å². The van der Waals surface area contributed by atoms with Gasteiger partial charge in [-0.1, -0.05) is 56.4 Å². The van der Waals surface area contributed by atoms with Gasteiger partial charge < -0.3 is 29.0 Å². The van der Waals surface area contributed by atoms with Crippen LogP contribution in [0.3, 0.4) is 0 Å². The number of hydrogen-bond donors (Lipinski definition) is 3. The molecular formula is C29H44N2O8P2. The van der Waals surface area contributed by atoms with E-state index in [1.165, 1.54) is 0 Å². The number of rotatable bonds is 22. The average molecular weight is 611 g/mol. The molecule has 0 aliphatic heterocycles. The molecule has 2 rings (SSSR count). The predicted octanol–water partition coefficient (Wildman–Crippen LogP) is 5.53. The van der Waals surface area contributed by atoms with Crippen LogP contribution in [-0.2, 0) is 36.1 Å². The fraction of sp³-hybridized carbons (Fsp3) is 0.517. The second kappa shape index (κ2) is 18.3. The first-order valence-corrected chi connectivity index (χ1v) is 17.8. The highest BCUT2D eigenvalue weighted by atomic mass is 31.2. The second-order valence-corrected chi connectivity index (χ2v) is 13.8. The van der Waals surface area contributed by atoms with E-state index in [4.69, 9.17) is 14.3 Å². The van der Waals surface area contributed by atoms with Gasteiger partial charge in [0.25, 0.3) is 0 Å². The molecule has 0 radical (unpaired) electrons. The van der Waals surface area contributed by atoms with E-state index >= 15 is 0 Å². The van der Waals surface area contributed by atoms with Crippen LogP contribution in [0.25, 0.3) is 0 Å². The molecule has 228 valence electrons. The maximum atomic E-state index is 11.8. The normalized spacial score (nSPS) is 13.0. The Morgan fingerprint density at radius 2 is 1.05 bits per heavy atom. The number of amides is 2. The van der Waals surface area contributed by atoms with Crippen LogP contribution in [-0.4, -0.2) is 59.5 Å². The van der Waals surface area contributed by atoms with Gasteiger partial charge >= 0.3 is 15.2 Å². The molecule has 0 heterocycles. The van der Waals surface area contributed by atoms with Crippen molar-refractivity contribution in [2.75, 3.05) is 41.8 Å². The van der Waals surface area contributed by atoms with Crippen molar-refractivity contribution in [2.45, 2.75) is 64.7 Å². The minimum atomic E-state index is -4.03. The van der Waals surface area contributed by atoms with Crippen LogP contribution in [0.4, 0.5) is 11.4 Å². The summed E-state index contributed by atoms with van der Waals surface area (Å²) in [7, 11) is -7.58. The van der Waals surface area contributed by atoms with Crippen molar-refractivity contribution in [3.05, 3.63) is 59.7 Å². The topological polar surface area (TPSA) is 145 Å². The highest BCUT2D eigenvalue weighted by molar-refractivity contribution is 7.52. The summed E-state index contributed by atoms with van der Waals surface area (Å²) >= 11 is 0. The number of carbonyl (C=O) groups excluding carboxylic acids is 2. The molecule has 3 N–H and O–H groups in total. The Balaban J connectivity index is 1.60. The van der Waals surface area contributed by atoms with E-state index in [0.29, 0.717) is 25.9 Å². The maximum Gasteiger partial charge on any atom is 0.328 e. The first-order valence-electron chi connectivity index (χ1n) is 14.2. The van der Waals surface area contributed by atoms with Gasteiger partial charge in [0.1, 0.15) is 0 Å². The van der Waals surface area contributed by atoms with Gasteiger partial charge in [-0.05, 0) is 68.0 Å². The SMILES string of the molecule is CCOP(=O)(O)CCc1ccc(N(C=O)CCCCCCCCCN(C=O)c2ccc(CCP(=O)(O)O)cc2)cc1. The lowest BCUT2D eigenvalue weighted by molar-refractivity contribution is -0.108. The molecule has 2 amide bonds. The van der Waals surface area contributed by atoms with Crippen molar-refractivity contribution < 1.29 is 37.9 Å². The number of anilines is 2. The lowest BCUT2D eigenvalue weighted by Gasteiger charge is -2.18. The zero-order valence-corrected chi connectivity index (χ0v) is 25.6. The number of benzene rings is 2. The minimum absolute atomic E-state index is 0.0620. The molecule has 2 aromatic carbocycles. The van der Waals surface area contributed by atoms with Crippen LogP contribution in [0.2, 0.25) is 0 Å². The summed E-state index contributed by atoms with van der Waals surface area (Å²) in [5.74, 6) is 0. The molecule has 2 aromatic rings. The molecule has 0 aliphatic carbocycles. The highest BCUT2D eigenvalue weighted by Crippen LogP contribution is 2.42. The molecule has 1 unspecified atom stereocenters. The van der Waals surface area contributed by atoms with Crippen LogP contribution in [0.1, 0.15) is 63.0 Å². The fourth-order valence-corrected chi connectivity index (χ4v) is 6.08. The summed E-state index contributed by atoms with van der Waals surface area (Å²) in [6.07, 6.45) is 9.26. The summed E-state index contributed by atoms with van der Waals surface area (Å²) in [5.41, 5.74) is 3.31. The van der Waals surface area contributed by atoms with Gasteiger partial charge in [-0.3, -0.25) is 18.7 Å². The summed E-state index contributed by atoms with van der Waals surface area (Å²) in [6.45, 7) is 3.13. The predicted molar refractivity (Wildman–Crippen MR) is 163 cm³/mol. The molecule has 0 saturated carbocycles. The lowest BCUT2D eigenvalue weighted by Crippen LogP contribution is -2.22. The van der Waals surface area contributed by atoms with Crippen molar-refractivity contribution in [1.82, 2.24) is 0 Å². The van der Waals surface area contributed by atoms with Gasteiger partial charge in [-0.2, -0.15) is 0 Å². The van der Waals surface area contributed by atoms with Crippen molar-refractivity contribution >= 4 is 39.4 Å². The third-order valence-electron chi connectivity index (χ3n) is 6.79. The minimum Gasteiger partial charge on any atom is -0.324 e. The van der Waals surface area contributed by atoms with Gasteiger partial charge in [-0.25, -0.2) is 0 Å². The van der Waals surface area contributed by atoms with E-state index in [9.17, 15) is 23.6 Å². The highest BCUT2D eigenvalue weighted by Gasteiger charge is 2.18. The lowest BCUT2D eigenvalue weighted by atomic mass is 10.1. The summed E-state index contributed by atoms with van der Waals surface area (Å²) in [4.78, 5) is 54.2. The van der Waals surface area contributed by atoms with Gasteiger partial charge in [-0.15, -0.1) is 0 Å². The Morgan fingerprint density at radius 3 is 1.41 bits per heavy atom. The smallest absolute Gasteiger partial charge is 0.324 e. The number of unbranched alkanes of at least 4 members (excludes halogenated alkanes) is 6. The standard InChI is InChI=1S/C29H44N2O8P2/c1-2-39-41(37,38)23-19-27-12-16-29(17-13-27)31(25-33)21-9-7-5-3-4-6-8-20-30(24-32)28-14-10-26(11-15-28)18-22-40(34,35)36/h10-17,24-25H,2-9,18-23H2,1H3,(H,37,38)(H2,34,35,36). The monoisotopic (exact) mass is 610 g/mol. The van der Waals surface area contributed by atoms with Gasteiger partial charge in [0.05, 0.1) is 18.9 Å². The van der Waals surface area contributed by atoms with Crippen molar-refractivity contribution in [2.24, 2.45) is 0 Å². The van der Waals surface area contributed by atoms with E-state index in [2.05, 4.69) is 0 Å². The molecule has 12 heteroatoms. The van der Waals surface area contributed by atoms with E-state index < -0.39 is 15.2 Å². The fourth-order valence-electron chi connectivity index (χ4n) is 4.45. The zero-order valence-electron chi connectivity index (χ0n) is 23.8. The zero-order chi connectivity index (χ0) is 30.1. The van der Waals surface area contributed by atoms with Crippen molar-refractivity contribution in [3.63, 3.8) is 0 Å².